The highest BCUT2D eigenvalue weighted by Crippen LogP contribution is 2.24. The van der Waals surface area contributed by atoms with Crippen LogP contribution < -0.4 is 10.2 Å². The molecule has 0 radical (unpaired) electrons. The zero-order valence-corrected chi connectivity index (χ0v) is 14.0. The predicted octanol–water partition coefficient (Wildman–Crippen LogP) is 4.04. The van der Waals surface area contributed by atoms with Crippen molar-refractivity contribution < 1.29 is 18.6 Å². The van der Waals surface area contributed by atoms with Crippen molar-refractivity contribution in [2.45, 2.75) is 20.0 Å². The molecule has 0 unspecified atom stereocenters. The molecule has 0 fully saturated rings. The summed E-state index contributed by atoms with van der Waals surface area (Å²) in [6.07, 6.45) is 1.82. The molecule has 3 aromatic rings. The summed E-state index contributed by atoms with van der Waals surface area (Å²) < 4.78 is 31.3. The van der Waals surface area contributed by atoms with Gasteiger partial charge < -0.3 is 14.4 Å². The van der Waals surface area contributed by atoms with E-state index in [4.69, 9.17) is 0 Å². The zero-order chi connectivity index (χ0) is 18.7. The van der Waals surface area contributed by atoms with Gasteiger partial charge in [0.2, 0.25) is 5.43 Å². The fourth-order valence-electron chi connectivity index (χ4n) is 2.75. The van der Waals surface area contributed by atoms with Crippen molar-refractivity contribution in [1.82, 2.24) is 4.57 Å². The van der Waals surface area contributed by atoms with E-state index in [9.17, 15) is 18.7 Å². The fourth-order valence-corrected chi connectivity index (χ4v) is 2.75. The Hall–Kier alpha value is -3.15. The van der Waals surface area contributed by atoms with Crippen LogP contribution in [0, 0.1) is 6.92 Å². The Bertz CT molecular complexity index is 966. The van der Waals surface area contributed by atoms with Crippen LogP contribution >= 0.6 is 0 Å². The molecule has 0 aliphatic heterocycles. The predicted molar refractivity (Wildman–Crippen MR) is 94.3 cm³/mol. The van der Waals surface area contributed by atoms with E-state index in [0.29, 0.717) is 17.7 Å². The van der Waals surface area contributed by atoms with Crippen LogP contribution in [0.2, 0.25) is 0 Å². The molecule has 6 heteroatoms. The molecule has 1 N–H and O–H groups in total. The molecule has 3 rings (SSSR count). The minimum Gasteiger partial charge on any atom is -0.503 e. The van der Waals surface area contributed by atoms with Crippen molar-refractivity contribution in [2.24, 2.45) is 0 Å². The average molecular weight is 357 g/mol. The quantitative estimate of drug-likeness (QED) is 0.750. The highest BCUT2D eigenvalue weighted by molar-refractivity contribution is 5.42. The molecule has 0 saturated heterocycles. The smallest absolute Gasteiger partial charge is 0.387 e. The van der Waals surface area contributed by atoms with Gasteiger partial charge >= 0.3 is 6.61 Å². The second kappa shape index (κ2) is 7.39. The Kier molecular flexibility index (Phi) is 5.02. The zero-order valence-electron chi connectivity index (χ0n) is 14.0. The Morgan fingerprint density at radius 1 is 1.12 bits per heavy atom. The summed E-state index contributed by atoms with van der Waals surface area (Å²) in [4.78, 5) is 11.5. The van der Waals surface area contributed by atoms with Gasteiger partial charge in [0, 0.05) is 23.9 Å². The van der Waals surface area contributed by atoms with Crippen molar-refractivity contribution in [3.8, 4) is 17.2 Å². The van der Waals surface area contributed by atoms with Crippen molar-refractivity contribution in [2.75, 3.05) is 0 Å². The van der Waals surface area contributed by atoms with E-state index in [-0.39, 0.29) is 11.5 Å². The van der Waals surface area contributed by atoms with Gasteiger partial charge in [-0.2, -0.15) is 8.78 Å². The molecule has 0 aliphatic carbocycles. The first-order valence-electron chi connectivity index (χ1n) is 7.98. The van der Waals surface area contributed by atoms with Crippen molar-refractivity contribution in [3.63, 3.8) is 0 Å². The minimum absolute atomic E-state index is 0.160. The lowest BCUT2D eigenvalue weighted by Crippen LogP contribution is -2.08. The number of aryl methyl sites for hydroxylation is 1. The van der Waals surface area contributed by atoms with Crippen LogP contribution in [0.4, 0.5) is 8.78 Å². The Morgan fingerprint density at radius 2 is 1.81 bits per heavy atom. The van der Waals surface area contributed by atoms with Crippen LogP contribution in [0.3, 0.4) is 0 Å². The molecular formula is C20H17F2NO3. The summed E-state index contributed by atoms with van der Waals surface area (Å²) in [5.41, 5.74) is 2.63. The van der Waals surface area contributed by atoms with Gasteiger partial charge in [0.1, 0.15) is 5.75 Å². The first-order valence-corrected chi connectivity index (χ1v) is 7.98. The maximum absolute atomic E-state index is 12.5. The monoisotopic (exact) mass is 357 g/mol. The van der Waals surface area contributed by atoms with Crippen LogP contribution in [0.5, 0.6) is 11.5 Å². The van der Waals surface area contributed by atoms with Crippen LogP contribution in [-0.4, -0.2) is 16.3 Å². The summed E-state index contributed by atoms with van der Waals surface area (Å²) in [6, 6.07) is 15.4. The Morgan fingerprint density at radius 3 is 2.50 bits per heavy atom. The highest BCUT2D eigenvalue weighted by Gasteiger charge is 2.10. The number of halogens is 2. The minimum atomic E-state index is -2.87. The molecular weight excluding hydrogens is 340 g/mol. The Labute approximate surface area is 148 Å². The van der Waals surface area contributed by atoms with Gasteiger partial charge in [-0.3, -0.25) is 4.79 Å². The average Bonchev–Trinajstić information content (AvgIpc) is 2.60. The second-order valence-electron chi connectivity index (χ2n) is 5.86. The molecule has 0 bridgehead atoms. The van der Waals surface area contributed by atoms with Gasteiger partial charge in [-0.15, -0.1) is 0 Å². The molecule has 134 valence electrons. The van der Waals surface area contributed by atoms with Crippen molar-refractivity contribution in [3.05, 3.63) is 87.8 Å². The fraction of sp³-hybridized carbons (Fsp3) is 0.150. The number of hydrogen-bond acceptors (Lipinski definition) is 3. The number of benzene rings is 2. The van der Waals surface area contributed by atoms with E-state index in [2.05, 4.69) is 4.74 Å². The number of pyridine rings is 1. The van der Waals surface area contributed by atoms with Gasteiger partial charge in [0.25, 0.3) is 0 Å². The summed E-state index contributed by atoms with van der Waals surface area (Å²) in [5.74, 6) is -0.162. The molecule has 4 nitrogen and oxygen atoms in total. The standard InChI is InChI=1S/C20H17F2NO3/c1-13-10-17(24)18(25)12-23(13)16-8-6-14(7-9-16)11-15-4-2-3-5-19(15)26-20(21)22/h2-10,12,20,25H,11H2,1H3. The third-order valence-electron chi connectivity index (χ3n) is 4.02. The third kappa shape index (κ3) is 3.91. The van der Waals surface area contributed by atoms with E-state index in [1.165, 1.54) is 18.3 Å². The van der Waals surface area contributed by atoms with E-state index >= 15 is 0 Å². The van der Waals surface area contributed by atoms with Crippen LogP contribution in [0.1, 0.15) is 16.8 Å². The van der Waals surface area contributed by atoms with Crippen molar-refractivity contribution in [1.29, 1.82) is 0 Å². The maximum atomic E-state index is 12.5. The number of ether oxygens (including phenoxy) is 1. The number of alkyl halides is 2. The van der Waals surface area contributed by atoms with E-state index in [1.807, 2.05) is 24.3 Å². The summed E-state index contributed by atoms with van der Waals surface area (Å²) >= 11 is 0. The normalized spacial score (nSPS) is 10.9. The SMILES string of the molecule is Cc1cc(=O)c(O)cn1-c1ccc(Cc2ccccc2OC(F)F)cc1. The largest absolute Gasteiger partial charge is 0.503 e. The third-order valence-corrected chi connectivity index (χ3v) is 4.02. The van der Waals surface area contributed by atoms with Gasteiger partial charge in [0.05, 0.1) is 6.20 Å². The summed E-state index contributed by atoms with van der Waals surface area (Å²) in [7, 11) is 0. The maximum Gasteiger partial charge on any atom is 0.387 e. The molecule has 1 aromatic heterocycles. The number of aromatic hydroxyl groups is 1. The summed E-state index contributed by atoms with van der Waals surface area (Å²) in [5, 5.41) is 9.63. The number of hydrogen-bond donors (Lipinski definition) is 1. The second-order valence-corrected chi connectivity index (χ2v) is 5.86. The van der Waals surface area contributed by atoms with Gasteiger partial charge in [-0.1, -0.05) is 30.3 Å². The number of nitrogens with zero attached hydrogens (tertiary/aromatic N) is 1. The van der Waals surface area contributed by atoms with E-state index < -0.39 is 12.0 Å². The molecule has 0 aliphatic rings. The first-order chi connectivity index (χ1) is 12.4. The van der Waals surface area contributed by atoms with Crippen LogP contribution in [0.25, 0.3) is 5.69 Å². The van der Waals surface area contributed by atoms with E-state index in [1.54, 1.807) is 29.7 Å². The van der Waals surface area contributed by atoms with Crippen molar-refractivity contribution >= 4 is 0 Å². The molecule has 26 heavy (non-hydrogen) atoms. The number of para-hydroxylation sites is 1. The Balaban J connectivity index is 1.85. The van der Waals surface area contributed by atoms with Gasteiger partial charge in [0.15, 0.2) is 5.75 Å². The van der Waals surface area contributed by atoms with Gasteiger partial charge in [-0.05, 0) is 36.2 Å². The number of aromatic nitrogens is 1. The lowest BCUT2D eigenvalue weighted by Gasteiger charge is -2.13. The molecule has 0 amide bonds. The van der Waals surface area contributed by atoms with Crippen LogP contribution in [0.15, 0.2) is 65.6 Å². The van der Waals surface area contributed by atoms with Crippen LogP contribution in [-0.2, 0) is 6.42 Å². The van der Waals surface area contributed by atoms with Gasteiger partial charge in [-0.25, -0.2) is 0 Å². The summed E-state index contributed by atoms with van der Waals surface area (Å²) in [6.45, 7) is -1.10. The molecule has 0 spiro atoms. The molecule has 0 saturated carbocycles. The molecule has 2 aromatic carbocycles. The topological polar surface area (TPSA) is 51.5 Å². The highest BCUT2D eigenvalue weighted by atomic mass is 19.3. The first kappa shape index (κ1) is 17.7. The number of rotatable bonds is 5. The lowest BCUT2D eigenvalue weighted by atomic mass is 10.0. The van der Waals surface area contributed by atoms with E-state index in [0.717, 1.165) is 11.3 Å². The molecule has 0 atom stereocenters. The lowest BCUT2D eigenvalue weighted by molar-refractivity contribution is -0.0503. The molecule has 1 heterocycles.